The largest absolute Gasteiger partial charge is 0.266 e. The molecule has 2 aromatic carbocycles. The second-order valence-electron chi connectivity index (χ2n) is 7.60. The Bertz CT molecular complexity index is 897. The lowest BCUT2D eigenvalue weighted by Gasteiger charge is -2.22. The van der Waals surface area contributed by atoms with Crippen molar-refractivity contribution in [3.05, 3.63) is 71.3 Å². The van der Waals surface area contributed by atoms with Gasteiger partial charge in [-0.25, -0.2) is 8.78 Å². The lowest BCUT2D eigenvalue weighted by molar-refractivity contribution is 0.343. The van der Waals surface area contributed by atoms with Crippen molar-refractivity contribution in [2.75, 3.05) is 0 Å². The van der Waals surface area contributed by atoms with Gasteiger partial charge in [-0.3, -0.25) is 0 Å². The minimum atomic E-state index is -1.65. The highest BCUT2D eigenvalue weighted by Gasteiger charge is 2.19. The summed E-state index contributed by atoms with van der Waals surface area (Å²) in [6, 6.07) is 10.3. The van der Waals surface area contributed by atoms with E-state index in [0.29, 0.717) is 31.2 Å². The first-order chi connectivity index (χ1) is 14.0. The van der Waals surface area contributed by atoms with Crippen molar-refractivity contribution in [1.29, 1.82) is 0 Å². The van der Waals surface area contributed by atoms with E-state index in [1.165, 1.54) is 17.7 Å². The molecule has 1 fully saturated rings. The summed E-state index contributed by atoms with van der Waals surface area (Å²) in [6.45, 7) is 2.10. The molecule has 0 saturated heterocycles. The Morgan fingerprint density at radius 2 is 1.59 bits per heavy atom. The van der Waals surface area contributed by atoms with Gasteiger partial charge in [-0.2, -0.15) is 8.78 Å². The smallest absolute Gasteiger partial charge is 0.205 e. The zero-order chi connectivity index (χ0) is 20.8. The van der Waals surface area contributed by atoms with Gasteiger partial charge in [0.15, 0.2) is 0 Å². The van der Waals surface area contributed by atoms with E-state index >= 15 is 0 Å². The van der Waals surface area contributed by atoms with Gasteiger partial charge in [-0.15, -0.1) is 0 Å². The average Bonchev–Trinajstić information content (AvgIpc) is 2.69. The highest BCUT2D eigenvalue weighted by Crippen LogP contribution is 2.31. The summed E-state index contributed by atoms with van der Waals surface area (Å²) in [5.74, 6) is 4.07. The molecule has 1 saturated carbocycles. The molecule has 0 heterocycles. The van der Waals surface area contributed by atoms with Crippen LogP contribution in [-0.2, 0) is 6.42 Å². The van der Waals surface area contributed by atoms with E-state index < -0.39 is 17.7 Å². The van der Waals surface area contributed by atoms with E-state index in [4.69, 9.17) is 0 Å². The van der Waals surface area contributed by atoms with Gasteiger partial charge in [0.25, 0.3) is 6.08 Å². The molecule has 0 unspecified atom stereocenters. The molecule has 0 radical (unpaired) electrons. The fourth-order valence-corrected chi connectivity index (χ4v) is 3.79. The van der Waals surface area contributed by atoms with Crippen molar-refractivity contribution in [2.24, 2.45) is 11.8 Å². The Balaban J connectivity index is 1.72. The van der Waals surface area contributed by atoms with Crippen LogP contribution in [0.5, 0.6) is 0 Å². The number of aryl methyl sites for hydroxylation is 1. The van der Waals surface area contributed by atoms with Gasteiger partial charge in [-0.1, -0.05) is 49.5 Å². The average molecular weight is 400 g/mol. The third-order valence-corrected chi connectivity index (χ3v) is 5.40. The van der Waals surface area contributed by atoms with Crippen LogP contribution in [0.2, 0.25) is 0 Å². The van der Waals surface area contributed by atoms with Crippen molar-refractivity contribution in [1.82, 2.24) is 0 Å². The fourth-order valence-electron chi connectivity index (χ4n) is 3.79. The predicted octanol–water partition coefficient (Wildman–Crippen LogP) is 7.52. The van der Waals surface area contributed by atoms with Crippen molar-refractivity contribution in [3.8, 4) is 23.0 Å². The number of halogens is 4. The predicted molar refractivity (Wildman–Crippen MR) is 108 cm³/mol. The van der Waals surface area contributed by atoms with Crippen LogP contribution in [0.25, 0.3) is 11.1 Å². The van der Waals surface area contributed by atoms with Crippen molar-refractivity contribution < 1.29 is 17.6 Å². The molecular formula is C25H24F4. The highest BCUT2D eigenvalue weighted by atomic mass is 19.3. The van der Waals surface area contributed by atoms with Crippen molar-refractivity contribution in [2.45, 2.75) is 45.4 Å². The SMILES string of the molecule is CCCc1ccc(-c2cc(F)c(C#CC3CCC(C=C(F)F)CC3)c(F)c2)cc1. The van der Waals surface area contributed by atoms with Gasteiger partial charge < -0.3 is 0 Å². The maximum atomic E-state index is 14.5. The lowest BCUT2D eigenvalue weighted by Crippen LogP contribution is -2.11. The maximum absolute atomic E-state index is 14.5. The first-order valence-electron chi connectivity index (χ1n) is 10.1. The molecule has 0 nitrogen and oxygen atoms in total. The summed E-state index contributed by atoms with van der Waals surface area (Å²) in [6.07, 6.45) is 3.92. The van der Waals surface area contributed by atoms with Gasteiger partial charge in [0.05, 0.1) is 5.56 Å². The van der Waals surface area contributed by atoms with Crippen molar-refractivity contribution in [3.63, 3.8) is 0 Å². The Hall–Kier alpha value is -2.54. The number of hydrogen-bond donors (Lipinski definition) is 0. The van der Waals surface area contributed by atoms with E-state index in [1.54, 1.807) is 0 Å². The standard InChI is InChI=1S/C25H24F4/c1-2-3-17-8-11-20(12-9-17)21-15-23(26)22(24(27)16-21)13-10-18-4-6-19(7-5-18)14-25(28)29/h8-9,11-12,14-16,18-19H,2-7H2,1H3. The van der Waals surface area contributed by atoms with Crippen LogP contribution < -0.4 is 0 Å². The molecule has 0 spiro atoms. The Morgan fingerprint density at radius 3 is 2.14 bits per heavy atom. The van der Waals surface area contributed by atoms with Gasteiger partial charge in [0.1, 0.15) is 11.6 Å². The van der Waals surface area contributed by atoms with Crippen LogP contribution in [-0.4, -0.2) is 0 Å². The lowest BCUT2D eigenvalue weighted by atomic mass is 9.82. The van der Waals surface area contributed by atoms with Crippen LogP contribution in [0.4, 0.5) is 17.6 Å². The second kappa shape index (κ2) is 9.78. The van der Waals surface area contributed by atoms with Gasteiger partial charge in [0.2, 0.25) is 0 Å². The fraction of sp³-hybridized carbons (Fsp3) is 0.360. The minimum absolute atomic E-state index is 0.0214. The number of benzene rings is 2. The topological polar surface area (TPSA) is 0 Å². The normalized spacial score (nSPS) is 18.7. The van der Waals surface area contributed by atoms with Crippen LogP contribution in [0.3, 0.4) is 0 Å². The van der Waals surface area contributed by atoms with E-state index in [1.807, 2.05) is 24.3 Å². The summed E-state index contributed by atoms with van der Waals surface area (Å²) < 4.78 is 53.7. The summed E-state index contributed by atoms with van der Waals surface area (Å²) >= 11 is 0. The molecule has 0 aliphatic heterocycles. The Morgan fingerprint density at radius 1 is 0.966 bits per heavy atom. The Kier molecular flexibility index (Phi) is 7.14. The van der Waals surface area contributed by atoms with Gasteiger partial charge in [0, 0.05) is 5.92 Å². The highest BCUT2D eigenvalue weighted by molar-refractivity contribution is 5.65. The van der Waals surface area contributed by atoms with E-state index in [2.05, 4.69) is 18.8 Å². The summed E-state index contributed by atoms with van der Waals surface area (Å²) in [7, 11) is 0. The van der Waals surface area contributed by atoms with Gasteiger partial charge >= 0.3 is 0 Å². The summed E-state index contributed by atoms with van der Waals surface area (Å²) in [5.41, 5.74) is 2.20. The molecule has 4 heteroatoms. The number of rotatable bonds is 4. The van der Waals surface area contributed by atoms with E-state index in [-0.39, 0.29) is 17.4 Å². The zero-order valence-electron chi connectivity index (χ0n) is 16.5. The zero-order valence-corrected chi connectivity index (χ0v) is 16.5. The third-order valence-electron chi connectivity index (χ3n) is 5.40. The van der Waals surface area contributed by atoms with Crippen LogP contribution in [0.1, 0.15) is 50.2 Å². The first kappa shape index (κ1) is 21.2. The first-order valence-corrected chi connectivity index (χ1v) is 10.1. The Labute approximate surface area is 169 Å². The van der Waals surface area contributed by atoms with Crippen LogP contribution in [0.15, 0.2) is 48.6 Å². The molecule has 0 bridgehead atoms. The molecule has 0 N–H and O–H groups in total. The molecule has 1 aliphatic carbocycles. The molecule has 2 aromatic rings. The molecule has 0 amide bonds. The monoisotopic (exact) mass is 400 g/mol. The molecule has 29 heavy (non-hydrogen) atoms. The molecule has 1 aliphatic rings. The third kappa shape index (κ3) is 5.73. The molecular weight excluding hydrogens is 376 g/mol. The second-order valence-corrected chi connectivity index (χ2v) is 7.60. The van der Waals surface area contributed by atoms with E-state index in [9.17, 15) is 17.6 Å². The number of allylic oxidation sites excluding steroid dienone is 1. The number of hydrogen-bond acceptors (Lipinski definition) is 0. The van der Waals surface area contributed by atoms with Crippen LogP contribution >= 0.6 is 0 Å². The molecule has 3 rings (SSSR count). The maximum Gasteiger partial charge on any atom is 0.266 e. The summed E-state index contributed by atoms with van der Waals surface area (Å²) in [4.78, 5) is 0. The van der Waals surface area contributed by atoms with E-state index in [0.717, 1.165) is 24.5 Å². The molecule has 0 aromatic heterocycles. The van der Waals surface area contributed by atoms with Crippen molar-refractivity contribution >= 4 is 0 Å². The summed E-state index contributed by atoms with van der Waals surface area (Å²) in [5, 5.41) is 0. The molecule has 0 atom stereocenters. The quantitative estimate of drug-likeness (QED) is 0.368. The minimum Gasteiger partial charge on any atom is -0.205 e. The molecule has 152 valence electrons. The van der Waals surface area contributed by atoms with Crippen LogP contribution in [0, 0.1) is 35.3 Å². The van der Waals surface area contributed by atoms with Gasteiger partial charge in [-0.05, 0) is 72.9 Å².